The summed E-state index contributed by atoms with van der Waals surface area (Å²) in [5.41, 5.74) is 3.81. The zero-order chi connectivity index (χ0) is 26.0. The topological polar surface area (TPSA) is 77.9 Å². The first-order valence-corrected chi connectivity index (χ1v) is 15.1. The number of thioether (sulfide) groups is 2. The number of benzene rings is 3. The summed E-state index contributed by atoms with van der Waals surface area (Å²) in [5, 5.41) is 0.862. The Hall–Kier alpha value is -2.89. The van der Waals surface area contributed by atoms with Gasteiger partial charge in [-0.05, 0) is 54.0 Å². The summed E-state index contributed by atoms with van der Waals surface area (Å²) in [7, 11) is -4.07. The average Bonchev–Trinajstić information content (AvgIpc) is 3.38. The summed E-state index contributed by atoms with van der Waals surface area (Å²) in [5.74, 6) is -0.506. The largest absolute Gasteiger partial charge is 0.335 e. The molecule has 0 saturated carbocycles. The maximum atomic E-state index is 13.1. The smallest absolute Gasteiger partial charge is 0.270 e. The molecule has 1 fully saturated rings. The van der Waals surface area contributed by atoms with E-state index in [4.69, 9.17) is 12.2 Å². The molecule has 0 radical (unpaired) electrons. The molecular weight excluding hydrogens is 545 g/mol. The summed E-state index contributed by atoms with van der Waals surface area (Å²) >= 11 is 8.27. The van der Waals surface area contributed by atoms with Crippen LogP contribution in [0.15, 0.2) is 106 Å². The molecule has 10 heteroatoms. The fourth-order valence-corrected chi connectivity index (χ4v) is 6.90. The zero-order valence-corrected chi connectivity index (χ0v) is 22.7. The molecule has 3 aromatic carbocycles. The molecule has 0 bridgehead atoms. The summed E-state index contributed by atoms with van der Waals surface area (Å²) in [6.07, 6.45) is 3.89. The van der Waals surface area contributed by atoms with E-state index in [1.807, 2.05) is 77.7 Å². The van der Waals surface area contributed by atoms with Gasteiger partial charge in [0.2, 0.25) is 0 Å². The molecule has 2 heterocycles. The molecule has 1 saturated heterocycles. The molecule has 0 unspecified atom stereocenters. The quantitative estimate of drug-likeness (QED) is 0.202. The van der Waals surface area contributed by atoms with Gasteiger partial charge in [0.05, 0.1) is 27.1 Å². The second kappa shape index (κ2) is 10.8. The zero-order valence-electron chi connectivity index (χ0n) is 19.5. The van der Waals surface area contributed by atoms with Crippen LogP contribution in [0.3, 0.4) is 0 Å². The van der Waals surface area contributed by atoms with Gasteiger partial charge in [0.15, 0.2) is 4.32 Å². The molecule has 1 N–H and O–H groups in total. The van der Waals surface area contributed by atoms with Crippen molar-refractivity contribution < 1.29 is 17.8 Å². The van der Waals surface area contributed by atoms with E-state index in [-0.39, 0.29) is 18.1 Å². The Morgan fingerprint density at radius 3 is 2.30 bits per heavy atom. The molecule has 2 aliphatic heterocycles. The van der Waals surface area contributed by atoms with Crippen LogP contribution in [0.5, 0.6) is 0 Å². The number of carbonyl (C=O) groups excluding carboxylic acids is 1. The number of amides is 1. The van der Waals surface area contributed by atoms with Crippen LogP contribution in [0.4, 0.5) is 11.4 Å². The van der Waals surface area contributed by atoms with Crippen molar-refractivity contribution in [3.05, 3.63) is 101 Å². The number of nitrogens with zero attached hydrogens (tertiary/aromatic N) is 2. The van der Waals surface area contributed by atoms with Crippen molar-refractivity contribution in [1.82, 2.24) is 0 Å². The molecule has 188 valence electrons. The molecule has 6 nitrogen and oxygen atoms in total. The Bertz CT molecular complexity index is 1520. The van der Waals surface area contributed by atoms with Gasteiger partial charge in [-0.25, -0.2) is 0 Å². The van der Waals surface area contributed by atoms with E-state index in [1.54, 1.807) is 17.8 Å². The lowest BCUT2D eigenvalue weighted by Crippen LogP contribution is -2.27. The van der Waals surface area contributed by atoms with E-state index in [1.165, 1.54) is 16.7 Å². The summed E-state index contributed by atoms with van der Waals surface area (Å²) in [4.78, 5) is 18.2. The fourth-order valence-electron chi connectivity index (χ4n) is 4.10. The van der Waals surface area contributed by atoms with E-state index < -0.39 is 10.1 Å². The maximum absolute atomic E-state index is 13.1. The highest BCUT2D eigenvalue weighted by Crippen LogP contribution is 2.48. The number of carbonyl (C=O) groups is 1. The molecular formula is C27H22N2O4S4. The highest BCUT2D eigenvalue weighted by molar-refractivity contribution is 8.27. The van der Waals surface area contributed by atoms with E-state index in [0.29, 0.717) is 15.8 Å². The Kier molecular flexibility index (Phi) is 7.55. The summed E-state index contributed by atoms with van der Waals surface area (Å²) < 4.78 is 32.4. The van der Waals surface area contributed by atoms with Crippen LogP contribution >= 0.6 is 35.7 Å². The van der Waals surface area contributed by atoms with Gasteiger partial charge < -0.3 is 4.90 Å². The van der Waals surface area contributed by atoms with Gasteiger partial charge in [0.25, 0.3) is 16.0 Å². The number of hydrogen-bond donors (Lipinski definition) is 1. The first-order valence-electron chi connectivity index (χ1n) is 11.4. The third-order valence-corrected chi connectivity index (χ3v) is 9.06. The van der Waals surface area contributed by atoms with E-state index >= 15 is 0 Å². The minimum absolute atomic E-state index is 0.178. The molecule has 3 aromatic rings. The van der Waals surface area contributed by atoms with Crippen LogP contribution < -0.4 is 9.80 Å². The Labute approximate surface area is 229 Å². The molecule has 1 amide bonds. The molecule has 5 rings (SSSR count). The number of fused-ring (bicyclic) bond motifs is 1. The minimum atomic E-state index is -4.07. The maximum Gasteiger partial charge on any atom is 0.270 e. The van der Waals surface area contributed by atoms with Crippen LogP contribution in [0, 0.1) is 0 Å². The monoisotopic (exact) mass is 566 g/mol. The van der Waals surface area contributed by atoms with Crippen molar-refractivity contribution in [2.75, 3.05) is 22.1 Å². The first-order chi connectivity index (χ1) is 17.8. The predicted molar refractivity (Wildman–Crippen MR) is 156 cm³/mol. The lowest BCUT2D eigenvalue weighted by atomic mass is 10.0. The summed E-state index contributed by atoms with van der Waals surface area (Å²) in [6.45, 7) is 0.392. The minimum Gasteiger partial charge on any atom is -0.335 e. The number of para-hydroxylation sites is 1. The van der Waals surface area contributed by atoms with Crippen molar-refractivity contribution in [1.29, 1.82) is 0 Å². The van der Waals surface area contributed by atoms with Crippen molar-refractivity contribution >= 4 is 67.5 Å². The second-order valence-corrected chi connectivity index (χ2v) is 12.6. The molecule has 37 heavy (non-hydrogen) atoms. The van der Waals surface area contributed by atoms with Crippen LogP contribution in [0.25, 0.3) is 11.1 Å². The Balaban J connectivity index is 1.45. The van der Waals surface area contributed by atoms with Crippen LogP contribution in [0.1, 0.15) is 6.42 Å². The molecule has 0 aliphatic carbocycles. The number of rotatable bonds is 7. The van der Waals surface area contributed by atoms with Crippen LogP contribution in [-0.4, -0.2) is 35.5 Å². The van der Waals surface area contributed by atoms with Gasteiger partial charge >= 0.3 is 0 Å². The van der Waals surface area contributed by atoms with E-state index in [0.717, 1.165) is 32.4 Å². The molecule has 0 spiro atoms. The standard InChI is InChI=1S/C27H22N2O4S4/c30-26-24(36-27(34)29(26)21-10-5-2-6-11-21)14-15-25-28(16-7-17-37(31,32)33)22-18-20(12-13-23(22)35-25)19-8-3-1-4-9-19/h1-6,8-15,18H,7,16-17H2,(H,31,32,33). The fraction of sp³-hybridized carbons (Fsp3) is 0.111. The van der Waals surface area contributed by atoms with Gasteiger partial charge in [-0.2, -0.15) is 8.42 Å². The average molecular weight is 567 g/mol. The van der Waals surface area contributed by atoms with Gasteiger partial charge in [-0.15, -0.1) is 0 Å². The lowest BCUT2D eigenvalue weighted by Gasteiger charge is -2.20. The Morgan fingerprint density at radius 2 is 1.59 bits per heavy atom. The molecule has 0 atom stereocenters. The highest BCUT2D eigenvalue weighted by atomic mass is 32.2. The first kappa shape index (κ1) is 25.7. The molecule has 0 aromatic heterocycles. The SMILES string of the molecule is O=C1C(=CC=C2Sc3ccc(-c4ccccc4)cc3N2CCCS(=O)(=O)O)SC(=S)N1c1ccccc1. The van der Waals surface area contributed by atoms with Gasteiger partial charge in [-0.3, -0.25) is 14.2 Å². The van der Waals surface area contributed by atoms with E-state index in [2.05, 4.69) is 12.1 Å². The highest BCUT2D eigenvalue weighted by Gasteiger charge is 2.33. The normalized spacial score (nSPS) is 17.8. The number of thiocarbonyl (C=S) groups is 1. The predicted octanol–water partition coefficient (Wildman–Crippen LogP) is 6.33. The van der Waals surface area contributed by atoms with Crippen molar-refractivity contribution in [2.24, 2.45) is 0 Å². The summed E-state index contributed by atoms with van der Waals surface area (Å²) in [6, 6.07) is 25.5. The lowest BCUT2D eigenvalue weighted by molar-refractivity contribution is -0.113. The third kappa shape index (κ3) is 5.83. The second-order valence-electron chi connectivity index (χ2n) is 8.32. The van der Waals surface area contributed by atoms with E-state index in [9.17, 15) is 17.8 Å². The van der Waals surface area contributed by atoms with Gasteiger partial charge in [0.1, 0.15) is 0 Å². The van der Waals surface area contributed by atoms with Crippen molar-refractivity contribution in [3.63, 3.8) is 0 Å². The number of allylic oxidation sites excluding steroid dienone is 2. The van der Waals surface area contributed by atoms with Gasteiger partial charge in [0, 0.05) is 11.4 Å². The van der Waals surface area contributed by atoms with Gasteiger partial charge in [-0.1, -0.05) is 90.3 Å². The molecule has 2 aliphatic rings. The van der Waals surface area contributed by atoms with Crippen LogP contribution in [0.2, 0.25) is 0 Å². The van der Waals surface area contributed by atoms with Crippen molar-refractivity contribution in [2.45, 2.75) is 11.3 Å². The van der Waals surface area contributed by atoms with Crippen molar-refractivity contribution in [3.8, 4) is 11.1 Å². The number of anilines is 2. The Morgan fingerprint density at radius 1 is 0.892 bits per heavy atom. The third-order valence-electron chi connectivity index (χ3n) is 5.81. The number of hydrogen-bond acceptors (Lipinski definition) is 7. The van der Waals surface area contributed by atoms with Crippen LogP contribution in [-0.2, 0) is 14.9 Å².